The van der Waals surface area contributed by atoms with Crippen LogP contribution < -0.4 is 19.7 Å². The molecule has 0 radical (unpaired) electrons. The van der Waals surface area contributed by atoms with Crippen LogP contribution in [0.1, 0.15) is 19.4 Å². The van der Waals surface area contributed by atoms with Crippen molar-refractivity contribution in [3.63, 3.8) is 0 Å². The van der Waals surface area contributed by atoms with E-state index in [4.69, 9.17) is 4.74 Å². The van der Waals surface area contributed by atoms with Gasteiger partial charge in [0.05, 0.1) is 12.1 Å². The number of hydrogen-bond donors (Lipinski definition) is 2. The lowest BCUT2D eigenvalue weighted by Gasteiger charge is -2.27. The Hall–Kier alpha value is -4.31. The van der Waals surface area contributed by atoms with Crippen LogP contribution >= 0.6 is 0 Å². The number of carbonyl (C=O) groups excluding carboxylic acids is 2. The Labute approximate surface area is 222 Å². The van der Waals surface area contributed by atoms with Gasteiger partial charge < -0.3 is 15.0 Å². The first-order valence-electron chi connectivity index (χ1n) is 12.3. The highest BCUT2D eigenvalue weighted by molar-refractivity contribution is 7.88. The van der Waals surface area contributed by atoms with E-state index in [0.717, 1.165) is 9.54 Å². The standard InChI is InChI=1S/C28H30N4O5S/c1-3-31(23-14-16-24(17-15-23)37-4-2)27(33)25(20-21-10-6-5-7-11-21)29-28(34)30-38(35,36)32-19-18-22-12-8-9-13-26(22)32/h5-19,25H,3-4,20H2,1-2H3,(H2,29,30,34)/t25-/m0/s1. The van der Waals surface area contributed by atoms with E-state index in [2.05, 4.69) is 5.32 Å². The number of urea groups is 1. The summed E-state index contributed by atoms with van der Waals surface area (Å²) in [6.45, 7) is 4.58. The summed E-state index contributed by atoms with van der Waals surface area (Å²) in [5, 5.41) is 3.30. The molecule has 0 fully saturated rings. The molecule has 0 aliphatic heterocycles. The van der Waals surface area contributed by atoms with Crippen molar-refractivity contribution in [2.24, 2.45) is 0 Å². The van der Waals surface area contributed by atoms with Crippen LogP contribution in [0.2, 0.25) is 0 Å². The van der Waals surface area contributed by atoms with Gasteiger partial charge in [-0.15, -0.1) is 0 Å². The van der Waals surface area contributed by atoms with Gasteiger partial charge in [-0.25, -0.2) is 13.5 Å². The minimum absolute atomic E-state index is 0.174. The maximum atomic E-state index is 13.7. The SMILES string of the molecule is CCOc1ccc(N(CC)C(=O)[C@H](Cc2ccccc2)NC(=O)NS(=O)(=O)n2ccc3ccccc32)cc1. The van der Waals surface area contributed by atoms with E-state index in [1.54, 1.807) is 54.6 Å². The topological polar surface area (TPSA) is 110 Å². The predicted molar refractivity (Wildman–Crippen MR) is 147 cm³/mol. The largest absolute Gasteiger partial charge is 0.494 e. The molecule has 3 aromatic carbocycles. The molecule has 0 aliphatic rings. The lowest BCUT2D eigenvalue weighted by atomic mass is 10.0. The van der Waals surface area contributed by atoms with Crippen LogP contribution in [0.25, 0.3) is 10.9 Å². The summed E-state index contributed by atoms with van der Waals surface area (Å²) in [4.78, 5) is 28.2. The second-order valence-electron chi connectivity index (χ2n) is 8.50. The molecule has 0 spiro atoms. The van der Waals surface area contributed by atoms with Crippen LogP contribution in [0.5, 0.6) is 5.75 Å². The van der Waals surface area contributed by atoms with E-state index in [1.165, 1.54) is 11.1 Å². The van der Waals surface area contributed by atoms with Crippen LogP contribution in [0.4, 0.5) is 10.5 Å². The van der Waals surface area contributed by atoms with Crippen molar-refractivity contribution in [1.29, 1.82) is 0 Å². The molecular weight excluding hydrogens is 504 g/mol. The van der Waals surface area contributed by atoms with E-state index in [1.807, 2.05) is 48.9 Å². The molecule has 9 nitrogen and oxygen atoms in total. The van der Waals surface area contributed by atoms with E-state index in [-0.39, 0.29) is 12.3 Å². The molecule has 0 bridgehead atoms. The smallest absolute Gasteiger partial charge is 0.331 e. The number of aromatic nitrogens is 1. The molecule has 38 heavy (non-hydrogen) atoms. The fourth-order valence-corrected chi connectivity index (χ4v) is 5.25. The average molecular weight is 535 g/mol. The number of nitrogens with one attached hydrogen (secondary N) is 2. The zero-order chi connectivity index (χ0) is 27.1. The molecular formula is C28H30N4O5S. The molecule has 2 N–H and O–H groups in total. The molecule has 0 saturated carbocycles. The third kappa shape index (κ3) is 6.15. The first kappa shape index (κ1) is 26.7. The lowest BCUT2D eigenvalue weighted by molar-refractivity contribution is -0.120. The summed E-state index contributed by atoms with van der Waals surface area (Å²) in [5.41, 5.74) is 1.87. The maximum Gasteiger partial charge on any atom is 0.331 e. The van der Waals surface area contributed by atoms with Crippen molar-refractivity contribution in [2.45, 2.75) is 26.3 Å². The number of anilines is 1. The number of fused-ring (bicyclic) bond motifs is 1. The molecule has 10 heteroatoms. The minimum atomic E-state index is -4.26. The Kier molecular flexibility index (Phi) is 8.32. The Morgan fingerprint density at radius 2 is 1.61 bits per heavy atom. The van der Waals surface area contributed by atoms with Crippen molar-refractivity contribution in [3.05, 3.63) is 96.7 Å². The number of benzene rings is 3. The molecule has 4 rings (SSSR count). The molecule has 1 aromatic heterocycles. The molecule has 0 unspecified atom stereocenters. The van der Waals surface area contributed by atoms with E-state index in [0.29, 0.717) is 35.5 Å². The highest BCUT2D eigenvalue weighted by atomic mass is 32.2. The Balaban J connectivity index is 1.56. The molecule has 0 aliphatic carbocycles. The second kappa shape index (κ2) is 11.8. The van der Waals surface area contributed by atoms with Crippen molar-refractivity contribution in [1.82, 2.24) is 14.0 Å². The summed E-state index contributed by atoms with van der Waals surface area (Å²) >= 11 is 0. The van der Waals surface area contributed by atoms with Gasteiger partial charge in [0, 0.05) is 30.2 Å². The monoisotopic (exact) mass is 534 g/mol. The number of ether oxygens (including phenoxy) is 1. The van der Waals surface area contributed by atoms with Gasteiger partial charge in [-0.05, 0) is 55.8 Å². The highest BCUT2D eigenvalue weighted by Gasteiger charge is 2.28. The molecule has 1 heterocycles. The molecule has 1 atom stereocenters. The van der Waals surface area contributed by atoms with Crippen LogP contribution in [-0.2, 0) is 21.4 Å². The zero-order valence-electron chi connectivity index (χ0n) is 21.2. The maximum absolute atomic E-state index is 13.7. The van der Waals surface area contributed by atoms with Gasteiger partial charge in [0.25, 0.3) is 0 Å². The van der Waals surface area contributed by atoms with Gasteiger partial charge in [0.2, 0.25) is 5.91 Å². The minimum Gasteiger partial charge on any atom is -0.494 e. The summed E-state index contributed by atoms with van der Waals surface area (Å²) in [6, 6.07) is 22.8. The summed E-state index contributed by atoms with van der Waals surface area (Å²) in [6.07, 6.45) is 1.55. The van der Waals surface area contributed by atoms with Gasteiger partial charge in [0.1, 0.15) is 11.8 Å². The van der Waals surface area contributed by atoms with Crippen molar-refractivity contribution in [2.75, 3.05) is 18.1 Å². The quantitative estimate of drug-likeness (QED) is 0.318. The fraction of sp³-hybridized carbons (Fsp3) is 0.214. The molecule has 4 aromatic rings. The lowest BCUT2D eigenvalue weighted by Crippen LogP contribution is -2.53. The number of rotatable bonds is 10. The first-order valence-corrected chi connectivity index (χ1v) is 13.7. The van der Waals surface area contributed by atoms with Gasteiger partial charge in [0.15, 0.2) is 0 Å². The van der Waals surface area contributed by atoms with Crippen LogP contribution in [0.15, 0.2) is 91.1 Å². The third-order valence-electron chi connectivity index (χ3n) is 5.97. The molecule has 198 valence electrons. The summed E-state index contributed by atoms with van der Waals surface area (Å²) in [5.74, 6) is 0.306. The molecule has 0 saturated heterocycles. The van der Waals surface area contributed by atoms with E-state index >= 15 is 0 Å². The van der Waals surface area contributed by atoms with E-state index in [9.17, 15) is 18.0 Å². The second-order valence-corrected chi connectivity index (χ2v) is 10.1. The predicted octanol–water partition coefficient (Wildman–Crippen LogP) is 4.10. The number of hydrogen-bond acceptors (Lipinski definition) is 5. The van der Waals surface area contributed by atoms with Gasteiger partial charge >= 0.3 is 16.2 Å². The van der Waals surface area contributed by atoms with E-state index < -0.39 is 22.3 Å². The van der Waals surface area contributed by atoms with Crippen molar-refractivity contribution < 1.29 is 22.7 Å². The number of para-hydroxylation sites is 1. The van der Waals surface area contributed by atoms with Crippen LogP contribution in [0.3, 0.4) is 0 Å². The van der Waals surface area contributed by atoms with Crippen LogP contribution in [-0.4, -0.2) is 43.5 Å². The first-order chi connectivity index (χ1) is 18.3. The van der Waals surface area contributed by atoms with Crippen molar-refractivity contribution >= 4 is 38.7 Å². The highest BCUT2D eigenvalue weighted by Crippen LogP contribution is 2.21. The number of likely N-dealkylation sites (N-methyl/N-ethyl adjacent to an activating group) is 1. The molecule has 3 amide bonds. The van der Waals surface area contributed by atoms with Gasteiger partial charge in [-0.3, -0.25) is 4.79 Å². The van der Waals surface area contributed by atoms with Crippen molar-refractivity contribution in [3.8, 4) is 5.75 Å². The van der Waals surface area contributed by atoms with Crippen LogP contribution in [0, 0.1) is 0 Å². The summed E-state index contributed by atoms with van der Waals surface area (Å²) < 4.78 is 34.5. The Bertz CT molecular complexity index is 1500. The van der Waals surface area contributed by atoms with Gasteiger partial charge in [-0.1, -0.05) is 48.5 Å². The fourth-order valence-electron chi connectivity index (χ4n) is 4.21. The Morgan fingerprint density at radius 3 is 2.29 bits per heavy atom. The Morgan fingerprint density at radius 1 is 0.921 bits per heavy atom. The summed E-state index contributed by atoms with van der Waals surface area (Å²) in [7, 11) is -4.26. The third-order valence-corrected chi connectivity index (χ3v) is 7.25. The number of carbonyl (C=O) groups is 2. The number of nitrogens with zero attached hydrogens (tertiary/aromatic N) is 2. The van der Waals surface area contributed by atoms with Gasteiger partial charge in [-0.2, -0.15) is 8.42 Å². The average Bonchev–Trinajstić information content (AvgIpc) is 3.35. The zero-order valence-corrected chi connectivity index (χ0v) is 22.0. The number of amides is 3. The normalized spacial score (nSPS) is 12.1.